The zero-order valence-electron chi connectivity index (χ0n) is 14.6. The number of aryl methyl sites for hydroxylation is 1. The van der Waals surface area contributed by atoms with Crippen molar-refractivity contribution in [1.29, 1.82) is 10.5 Å². The molecule has 2 N–H and O–H groups in total. The lowest BCUT2D eigenvalue weighted by atomic mass is 10.1. The van der Waals surface area contributed by atoms with Gasteiger partial charge in [0.25, 0.3) is 0 Å². The molecule has 0 aliphatic carbocycles. The van der Waals surface area contributed by atoms with E-state index in [1.807, 2.05) is 43.3 Å². The summed E-state index contributed by atoms with van der Waals surface area (Å²) in [5, 5.41) is 22.8. The van der Waals surface area contributed by atoms with Crippen LogP contribution in [0.5, 0.6) is 5.75 Å². The largest absolute Gasteiger partial charge is 0.490 e. The van der Waals surface area contributed by atoms with Gasteiger partial charge < -0.3 is 10.5 Å². The highest BCUT2D eigenvalue weighted by molar-refractivity contribution is 9.10. The molecule has 134 valence electrons. The Morgan fingerprint density at radius 1 is 1.15 bits per heavy atom. The monoisotopic (exact) mass is 421 g/mol. The molecular weight excluding hydrogens is 406 g/mol. The average molecular weight is 422 g/mol. The second kappa shape index (κ2) is 7.94. The van der Waals surface area contributed by atoms with E-state index in [2.05, 4.69) is 21.0 Å². The molecule has 1 aromatic heterocycles. The van der Waals surface area contributed by atoms with Crippen LogP contribution in [0.1, 0.15) is 16.8 Å². The number of nitrogens with two attached hydrogens (primary N) is 1. The second-order valence-corrected chi connectivity index (χ2v) is 6.74. The van der Waals surface area contributed by atoms with Crippen molar-refractivity contribution in [1.82, 2.24) is 9.78 Å². The van der Waals surface area contributed by atoms with Crippen LogP contribution in [0.3, 0.4) is 0 Å². The quantitative estimate of drug-likeness (QED) is 0.669. The molecule has 3 aromatic rings. The summed E-state index contributed by atoms with van der Waals surface area (Å²) in [5.41, 5.74) is 9.54. The third-order valence-corrected chi connectivity index (χ3v) is 4.65. The lowest BCUT2D eigenvalue weighted by molar-refractivity contribution is 0.291. The molecule has 0 atom stereocenters. The van der Waals surface area contributed by atoms with Crippen LogP contribution in [0.15, 0.2) is 46.9 Å². The topological polar surface area (TPSA) is 101 Å². The summed E-state index contributed by atoms with van der Waals surface area (Å²) in [4.78, 5) is 0. The summed E-state index contributed by atoms with van der Waals surface area (Å²) < 4.78 is 8.39. The van der Waals surface area contributed by atoms with Crippen LogP contribution in [0.4, 0.5) is 5.82 Å². The summed E-state index contributed by atoms with van der Waals surface area (Å²) in [6.45, 7) is 2.61. The molecule has 0 aliphatic rings. The molecule has 3 rings (SSSR count). The van der Waals surface area contributed by atoms with Crippen LogP contribution in [0.25, 0.3) is 11.1 Å². The van der Waals surface area contributed by atoms with Gasteiger partial charge in [0.2, 0.25) is 0 Å². The summed E-state index contributed by atoms with van der Waals surface area (Å²) in [6, 6.07) is 16.8. The van der Waals surface area contributed by atoms with Gasteiger partial charge in [0.15, 0.2) is 0 Å². The number of nitrogen functional groups attached to an aromatic ring is 1. The lowest BCUT2D eigenvalue weighted by Gasteiger charge is -2.10. The van der Waals surface area contributed by atoms with Gasteiger partial charge in [-0.25, -0.2) is 4.68 Å². The van der Waals surface area contributed by atoms with Crippen LogP contribution in [-0.4, -0.2) is 16.4 Å². The fourth-order valence-electron chi connectivity index (χ4n) is 2.85. The van der Waals surface area contributed by atoms with Gasteiger partial charge in [-0.2, -0.15) is 15.6 Å². The number of rotatable bonds is 5. The molecule has 6 nitrogen and oxygen atoms in total. The van der Waals surface area contributed by atoms with E-state index >= 15 is 0 Å². The fourth-order valence-corrected chi connectivity index (χ4v) is 3.11. The van der Waals surface area contributed by atoms with Crippen molar-refractivity contribution >= 4 is 21.7 Å². The number of aromatic nitrogens is 2. The van der Waals surface area contributed by atoms with Gasteiger partial charge in [-0.1, -0.05) is 34.1 Å². The van der Waals surface area contributed by atoms with Crippen LogP contribution in [0, 0.1) is 29.6 Å². The first-order valence-corrected chi connectivity index (χ1v) is 8.99. The molecule has 0 amide bonds. The first-order valence-electron chi connectivity index (χ1n) is 8.20. The van der Waals surface area contributed by atoms with Crippen molar-refractivity contribution < 1.29 is 4.74 Å². The van der Waals surface area contributed by atoms with Crippen LogP contribution >= 0.6 is 15.9 Å². The van der Waals surface area contributed by atoms with Crippen molar-refractivity contribution in [2.24, 2.45) is 0 Å². The lowest BCUT2D eigenvalue weighted by Crippen LogP contribution is -2.12. The highest BCUT2D eigenvalue weighted by Gasteiger charge is 2.15. The van der Waals surface area contributed by atoms with Gasteiger partial charge in [0.1, 0.15) is 35.9 Å². The minimum atomic E-state index is 0.236. The van der Waals surface area contributed by atoms with Gasteiger partial charge in [0.05, 0.1) is 17.8 Å². The Morgan fingerprint density at radius 3 is 2.56 bits per heavy atom. The zero-order valence-corrected chi connectivity index (χ0v) is 16.2. The highest BCUT2D eigenvalue weighted by atomic mass is 79.9. The predicted octanol–water partition coefficient (Wildman–Crippen LogP) is 4.03. The number of benzene rings is 2. The minimum absolute atomic E-state index is 0.236. The van der Waals surface area contributed by atoms with Crippen molar-refractivity contribution in [3.05, 3.63) is 63.8 Å². The number of ether oxygens (including phenoxy) is 1. The predicted molar refractivity (Wildman–Crippen MR) is 106 cm³/mol. The van der Waals surface area contributed by atoms with Crippen molar-refractivity contribution in [3.63, 3.8) is 0 Å². The first kappa shape index (κ1) is 18.5. The SMILES string of the molecule is Cc1nn(CCOc2cccc(C#N)c2C#N)c(N)c1-c1ccc(Br)cc1. The molecule has 0 saturated heterocycles. The molecule has 27 heavy (non-hydrogen) atoms. The zero-order chi connectivity index (χ0) is 19.4. The Kier molecular flexibility index (Phi) is 5.44. The normalized spacial score (nSPS) is 10.2. The molecule has 1 heterocycles. The maximum absolute atomic E-state index is 9.25. The maximum atomic E-state index is 9.25. The van der Waals surface area contributed by atoms with E-state index in [0.29, 0.717) is 23.7 Å². The van der Waals surface area contributed by atoms with Gasteiger partial charge in [0, 0.05) is 10.0 Å². The molecular formula is C20H16BrN5O. The summed E-state index contributed by atoms with van der Waals surface area (Å²) in [7, 11) is 0. The third-order valence-electron chi connectivity index (χ3n) is 4.12. The van der Waals surface area contributed by atoms with Gasteiger partial charge in [-0.3, -0.25) is 0 Å². The fraction of sp³-hybridized carbons (Fsp3) is 0.150. The van der Waals surface area contributed by atoms with Crippen LogP contribution in [0.2, 0.25) is 0 Å². The Labute approximate surface area is 165 Å². The van der Waals surface area contributed by atoms with Crippen molar-refractivity contribution in [2.75, 3.05) is 12.3 Å². The van der Waals surface area contributed by atoms with Crippen LogP contribution < -0.4 is 10.5 Å². The molecule has 0 fully saturated rings. The molecule has 2 aromatic carbocycles. The number of anilines is 1. The molecule has 7 heteroatoms. The van der Waals surface area contributed by atoms with E-state index in [1.165, 1.54) is 0 Å². The van der Waals surface area contributed by atoms with E-state index in [9.17, 15) is 5.26 Å². The Bertz CT molecular complexity index is 1060. The number of halogens is 1. The van der Waals surface area contributed by atoms with Crippen molar-refractivity contribution in [3.8, 4) is 29.0 Å². The number of hydrogen-bond donors (Lipinski definition) is 1. The standard InChI is InChI=1S/C20H16BrN5O/c1-13-19(14-5-7-16(21)8-6-14)20(24)26(25-13)9-10-27-18-4-2-3-15(11-22)17(18)12-23/h2-8H,9-10,24H2,1H3. The van der Waals surface area contributed by atoms with Crippen molar-refractivity contribution in [2.45, 2.75) is 13.5 Å². The van der Waals surface area contributed by atoms with E-state index in [0.717, 1.165) is 21.3 Å². The molecule has 0 aliphatic heterocycles. The average Bonchev–Trinajstić information content (AvgIpc) is 2.95. The molecule has 0 saturated carbocycles. The summed E-state index contributed by atoms with van der Waals surface area (Å²) >= 11 is 3.43. The third kappa shape index (κ3) is 3.79. The van der Waals surface area contributed by atoms with E-state index in [1.54, 1.807) is 22.9 Å². The maximum Gasteiger partial charge on any atom is 0.138 e. The summed E-state index contributed by atoms with van der Waals surface area (Å²) in [6.07, 6.45) is 0. The van der Waals surface area contributed by atoms with E-state index < -0.39 is 0 Å². The van der Waals surface area contributed by atoms with Crippen LogP contribution in [-0.2, 0) is 6.54 Å². The minimum Gasteiger partial charge on any atom is -0.490 e. The summed E-state index contributed by atoms with van der Waals surface area (Å²) in [5.74, 6) is 0.942. The number of nitriles is 2. The van der Waals surface area contributed by atoms with Gasteiger partial charge >= 0.3 is 0 Å². The number of hydrogen-bond acceptors (Lipinski definition) is 5. The Hall–Kier alpha value is -3.29. The molecule has 0 radical (unpaired) electrons. The first-order chi connectivity index (χ1) is 13.0. The van der Waals surface area contributed by atoms with E-state index in [-0.39, 0.29) is 12.2 Å². The highest BCUT2D eigenvalue weighted by Crippen LogP contribution is 2.30. The smallest absolute Gasteiger partial charge is 0.138 e. The molecule has 0 unspecified atom stereocenters. The number of nitrogens with zero attached hydrogens (tertiary/aromatic N) is 4. The molecule has 0 bridgehead atoms. The molecule has 0 spiro atoms. The van der Waals surface area contributed by atoms with E-state index in [4.69, 9.17) is 15.7 Å². The van der Waals surface area contributed by atoms with Gasteiger partial charge in [-0.15, -0.1) is 0 Å². The Balaban J connectivity index is 1.77. The van der Waals surface area contributed by atoms with Gasteiger partial charge in [-0.05, 0) is 36.8 Å². The second-order valence-electron chi connectivity index (χ2n) is 5.83. The Morgan fingerprint density at radius 2 is 1.89 bits per heavy atom.